The first-order valence-corrected chi connectivity index (χ1v) is 10.1. The van der Waals surface area contributed by atoms with Gasteiger partial charge in [0.2, 0.25) is 0 Å². The van der Waals surface area contributed by atoms with E-state index in [-0.39, 0.29) is 0 Å². The van der Waals surface area contributed by atoms with Gasteiger partial charge < -0.3 is 0 Å². The van der Waals surface area contributed by atoms with Crippen LogP contribution in [0.5, 0.6) is 0 Å². The summed E-state index contributed by atoms with van der Waals surface area (Å²) < 4.78 is 0. The Morgan fingerprint density at radius 3 is 1.55 bits per heavy atom. The highest BCUT2D eigenvalue weighted by atomic mass is 32.1. The van der Waals surface area contributed by atoms with Crippen LogP contribution in [-0.4, -0.2) is 11.5 Å². The van der Waals surface area contributed by atoms with Gasteiger partial charge in [-0.15, -0.1) is 0 Å². The molecule has 2 heteroatoms. The lowest BCUT2D eigenvalue weighted by Gasteiger charge is -2.23. The number of hydrogen-bond acceptors (Lipinski definition) is 2. The van der Waals surface area contributed by atoms with Crippen LogP contribution in [0.25, 0.3) is 0 Å². The molecule has 0 N–H and O–H groups in total. The zero-order valence-electron chi connectivity index (χ0n) is 14.8. The Morgan fingerprint density at radius 2 is 1.23 bits per heavy atom. The average Bonchev–Trinajstić information content (AvgIpc) is 2.56. The van der Waals surface area contributed by atoms with E-state index in [0.717, 1.165) is 23.3 Å². The van der Waals surface area contributed by atoms with E-state index in [2.05, 4.69) is 77.2 Å². The average molecular weight is 339 g/mol. The van der Waals surface area contributed by atoms with Crippen molar-refractivity contribution in [2.45, 2.75) is 65.2 Å². The summed E-state index contributed by atoms with van der Waals surface area (Å²) in [5, 5.41) is 0. The smallest absolute Gasteiger partial charge is 0.00288 e. The molecule has 1 aromatic rings. The van der Waals surface area contributed by atoms with Crippen molar-refractivity contribution in [2.24, 2.45) is 11.8 Å². The van der Waals surface area contributed by atoms with Crippen LogP contribution in [0.2, 0.25) is 0 Å². The van der Waals surface area contributed by atoms with Gasteiger partial charge in [0.15, 0.2) is 0 Å². The fourth-order valence-corrected chi connectivity index (χ4v) is 3.72. The molecule has 0 aliphatic rings. The Kier molecular flexibility index (Phi) is 9.66. The van der Waals surface area contributed by atoms with E-state index in [0.29, 0.717) is 11.8 Å². The first kappa shape index (κ1) is 20.0. The van der Waals surface area contributed by atoms with Crippen molar-refractivity contribution in [3.8, 4) is 0 Å². The van der Waals surface area contributed by atoms with Gasteiger partial charge in [-0.05, 0) is 59.1 Å². The van der Waals surface area contributed by atoms with Crippen LogP contribution in [0, 0.1) is 11.8 Å². The number of hydrogen-bond donors (Lipinski definition) is 2. The molecule has 0 nitrogen and oxygen atoms in total. The van der Waals surface area contributed by atoms with Gasteiger partial charge in [-0.1, -0.05) is 64.8 Å². The Morgan fingerprint density at radius 1 is 0.818 bits per heavy atom. The number of thiol groups is 2. The summed E-state index contributed by atoms with van der Waals surface area (Å²) in [6, 6.07) is 9.22. The van der Waals surface area contributed by atoms with Gasteiger partial charge in [0.1, 0.15) is 0 Å². The summed E-state index contributed by atoms with van der Waals surface area (Å²) in [6.45, 7) is 9.25. The van der Waals surface area contributed by atoms with Gasteiger partial charge in [0.05, 0.1) is 0 Å². The van der Waals surface area contributed by atoms with E-state index >= 15 is 0 Å². The highest BCUT2D eigenvalue weighted by Crippen LogP contribution is 2.31. The molecule has 4 unspecified atom stereocenters. The van der Waals surface area contributed by atoms with Crippen LogP contribution in [0.3, 0.4) is 0 Å². The molecule has 126 valence electrons. The van der Waals surface area contributed by atoms with E-state index in [4.69, 9.17) is 0 Å². The molecule has 1 aromatic carbocycles. The molecule has 0 bridgehead atoms. The number of rotatable bonds is 10. The highest BCUT2D eigenvalue weighted by molar-refractivity contribution is 7.80. The normalized spacial score (nSPS) is 17.0. The Balaban J connectivity index is 2.90. The molecule has 4 atom stereocenters. The van der Waals surface area contributed by atoms with Crippen LogP contribution in [0.4, 0.5) is 0 Å². The fourth-order valence-electron chi connectivity index (χ4n) is 3.00. The van der Waals surface area contributed by atoms with Gasteiger partial charge in [-0.25, -0.2) is 0 Å². The van der Waals surface area contributed by atoms with Gasteiger partial charge in [0.25, 0.3) is 0 Å². The predicted octanol–water partition coefficient (Wildman–Crippen LogP) is 6.59. The van der Waals surface area contributed by atoms with Gasteiger partial charge in [0, 0.05) is 0 Å². The summed E-state index contributed by atoms with van der Waals surface area (Å²) in [5.41, 5.74) is 2.92. The van der Waals surface area contributed by atoms with E-state index in [1.807, 2.05) is 0 Å². The molecular weight excluding hydrogens is 304 g/mol. The molecule has 0 spiro atoms. The van der Waals surface area contributed by atoms with Crippen LogP contribution in [0.15, 0.2) is 24.3 Å². The van der Waals surface area contributed by atoms with Crippen LogP contribution >= 0.6 is 25.3 Å². The van der Waals surface area contributed by atoms with Crippen molar-refractivity contribution in [3.05, 3.63) is 35.4 Å². The van der Waals surface area contributed by atoms with Crippen LogP contribution in [-0.2, 0) is 0 Å². The molecule has 0 amide bonds. The minimum absolute atomic E-state index is 0.572. The largest absolute Gasteiger partial charge is 0.179 e. The first-order valence-electron chi connectivity index (χ1n) is 8.87. The molecule has 0 fully saturated rings. The molecule has 0 aliphatic heterocycles. The monoisotopic (exact) mass is 338 g/mol. The van der Waals surface area contributed by atoms with Gasteiger partial charge >= 0.3 is 0 Å². The molecule has 0 saturated carbocycles. The second kappa shape index (κ2) is 10.6. The second-order valence-corrected chi connectivity index (χ2v) is 7.66. The van der Waals surface area contributed by atoms with Crippen molar-refractivity contribution in [1.82, 2.24) is 0 Å². The lowest BCUT2D eigenvalue weighted by molar-refractivity contribution is 0.469. The second-order valence-electron chi connectivity index (χ2n) is 6.93. The topological polar surface area (TPSA) is 0 Å². The van der Waals surface area contributed by atoms with Crippen LogP contribution in [0.1, 0.15) is 76.3 Å². The summed E-state index contributed by atoms with van der Waals surface area (Å²) in [5.74, 6) is 4.54. The third kappa shape index (κ3) is 6.20. The molecule has 1 rings (SSSR count). The third-order valence-corrected chi connectivity index (χ3v) is 5.94. The molecule has 0 saturated heterocycles. The Labute approximate surface area is 149 Å². The Hall–Kier alpha value is -0.0800. The summed E-state index contributed by atoms with van der Waals surface area (Å²) in [7, 11) is 0. The van der Waals surface area contributed by atoms with Crippen molar-refractivity contribution in [1.29, 1.82) is 0 Å². The van der Waals surface area contributed by atoms with Crippen molar-refractivity contribution in [3.63, 3.8) is 0 Å². The minimum atomic E-state index is 0.572. The van der Waals surface area contributed by atoms with E-state index in [9.17, 15) is 0 Å². The highest BCUT2D eigenvalue weighted by Gasteiger charge is 2.17. The molecule has 22 heavy (non-hydrogen) atoms. The molecule has 0 aromatic heterocycles. The summed E-state index contributed by atoms with van der Waals surface area (Å²) >= 11 is 9.21. The van der Waals surface area contributed by atoms with Crippen molar-refractivity contribution in [2.75, 3.05) is 11.5 Å². The van der Waals surface area contributed by atoms with E-state index in [1.165, 1.54) is 36.8 Å². The minimum Gasteiger partial charge on any atom is -0.179 e. The maximum Gasteiger partial charge on any atom is -0.00288 e. The molecule has 0 aliphatic carbocycles. The maximum absolute atomic E-state index is 4.60. The lowest BCUT2D eigenvalue weighted by atomic mass is 9.85. The number of benzene rings is 1. The van der Waals surface area contributed by atoms with Crippen molar-refractivity contribution < 1.29 is 0 Å². The summed E-state index contributed by atoms with van der Waals surface area (Å²) in [6.07, 6.45) is 4.97. The first-order chi connectivity index (χ1) is 10.5. The van der Waals surface area contributed by atoms with E-state index < -0.39 is 0 Å². The molecule has 0 radical (unpaired) electrons. The Bertz CT molecular complexity index is 381. The fraction of sp³-hybridized carbons (Fsp3) is 0.700. The van der Waals surface area contributed by atoms with E-state index in [1.54, 1.807) is 0 Å². The maximum atomic E-state index is 4.60. The predicted molar refractivity (Wildman–Crippen MR) is 108 cm³/mol. The SMILES string of the molecule is CCC(C)CC(CS)c1cccc(C(CS)CC(C)CC)c1. The zero-order valence-corrected chi connectivity index (χ0v) is 16.5. The lowest BCUT2D eigenvalue weighted by Crippen LogP contribution is -2.09. The zero-order chi connectivity index (χ0) is 16.5. The quantitative estimate of drug-likeness (QED) is 0.442. The third-order valence-electron chi connectivity index (χ3n) is 5.06. The molecular formula is C20H34S2. The van der Waals surface area contributed by atoms with Gasteiger partial charge in [-0.3, -0.25) is 0 Å². The molecule has 0 heterocycles. The summed E-state index contributed by atoms with van der Waals surface area (Å²) in [4.78, 5) is 0. The van der Waals surface area contributed by atoms with Crippen LogP contribution < -0.4 is 0 Å². The van der Waals surface area contributed by atoms with Crippen molar-refractivity contribution >= 4 is 25.3 Å². The standard InChI is InChI=1S/C20H34S2/c1-5-15(3)10-19(13-21)17-8-7-9-18(12-17)20(14-22)11-16(4)6-2/h7-9,12,15-16,19-22H,5-6,10-11,13-14H2,1-4H3. The van der Waals surface area contributed by atoms with Gasteiger partial charge in [-0.2, -0.15) is 25.3 Å².